The number of rotatable bonds is 3. The van der Waals surface area contributed by atoms with Gasteiger partial charge in [-0.25, -0.2) is 0 Å². The minimum atomic E-state index is 0.652. The van der Waals surface area contributed by atoms with Crippen molar-refractivity contribution in [2.75, 3.05) is 37.7 Å². The van der Waals surface area contributed by atoms with Gasteiger partial charge in [0.15, 0.2) is 5.96 Å². The van der Waals surface area contributed by atoms with Crippen molar-refractivity contribution in [3.63, 3.8) is 0 Å². The zero-order valence-electron chi connectivity index (χ0n) is 11.8. The first kappa shape index (κ1) is 13.6. The van der Waals surface area contributed by atoms with Crippen molar-refractivity contribution in [2.45, 2.75) is 44.2 Å². The summed E-state index contributed by atoms with van der Waals surface area (Å²) < 4.78 is 0. The Labute approximate surface area is 120 Å². The predicted molar refractivity (Wildman–Crippen MR) is 82.8 cm³/mol. The second kappa shape index (κ2) is 6.35. The molecule has 108 valence electrons. The van der Waals surface area contributed by atoms with E-state index in [9.17, 15) is 0 Å². The van der Waals surface area contributed by atoms with Crippen molar-refractivity contribution in [3.05, 3.63) is 0 Å². The quantitative estimate of drug-likeness (QED) is 0.627. The Balaban J connectivity index is 1.53. The third-order valence-corrected chi connectivity index (χ3v) is 5.43. The van der Waals surface area contributed by atoms with Gasteiger partial charge in [0.05, 0.1) is 6.54 Å². The molecule has 3 aliphatic rings. The van der Waals surface area contributed by atoms with E-state index in [4.69, 9.17) is 10.7 Å². The first-order chi connectivity index (χ1) is 9.34. The summed E-state index contributed by atoms with van der Waals surface area (Å²) in [6.45, 7) is 4.32. The Morgan fingerprint density at radius 3 is 2.63 bits per heavy atom. The van der Waals surface area contributed by atoms with Crippen LogP contribution in [0.1, 0.15) is 32.1 Å². The van der Waals surface area contributed by atoms with E-state index in [-0.39, 0.29) is 0 Å². The molecule has 2 aliphatic heterocycles. The fraction of sp³-hybridized carbons (Fsp3) is 0.929. The average Bonchev–Trinajstić information content (AvgIpc) is 3.30. The molecular weight excluding hydrogens is 256 g/mol. The summed E-state index contributed by atoms with van der Waals surface area (Å²) in [5, 5.41) is 0. The molecule has 1 aliphatic carbocycles. The Kier molecular flexibility index (Phi) is 4.53. The maximum atomic E-state index is 6.15. The monoisotopic (exact) mass is 282 g/mol. The summed E-state index contributed by atoms with van der Waals surface area (Å²) in [5.74, 6) is 3.16. The van der Waals surface area contributed by atoms with Gasteiger partial charge >= 0.3 is 0 Å². The molecule has 0 bridgehead atoms. The molecule has 2 heterocycles. The molecule has 19 heavy (non-hydrogen) atoms. The smallest absolute Gasteiger partial charge is 0.191 e. The van der Waals surface area contributed by atoms with Crippen LogP contribution >= 0.6 is 11.8 Å². The predicted octanol–water partition coefficient (Wildman–Crippen LogP) is 1.37. The van der Waals surface area contributed by atoms with Gasteiger partial charge in [-0.05, 0) is 32.2 Å². The molecule has 3 rings (SSSR count). The molecule has 1 atom stereocenters. The van der Waals surface area contributed by atoms with Gasteiger partial charge in [0.2, 0.25) is 0 Å². The Morgan fingerprint density at radius 1 is 1.11 bits per heavy atom. The highest BCUT2D eigenvalue weighted by molar-refractivity contribution is 7.99. The number of piperidine rings is 1. The van der Waals surface area contributed by atoms with Crippen LogP contribution < -0.4 is 5.73 Å². The van der Waals surface area contributed by atoms with Crippen molar-refractivity contribution in [1.82, 2.24) is 9.80 Å². The fourth-order valence-electron chi connectivity index (χ4n) is 3.20. The summed E-state index contributed by atoms with van der Waals surface area (Å²) in [4.78, 5) is 9.65. The lowest BCUT2D eigenvalue weighted by atomic mass is 10.0. The maximum absolute atomic E-state index is 6.15. The van der Waals surface area contributed by atoms with Gasteiger partial charge in [-0.15, -0.1) is 0 Å². The molecule has 4 nitrogen and oxygen atoms in total. The zero-order valence-corrected chi connectivity index (χ0v) is 12.6. The number of thioether (sulfide) groups is 1. The summed E-state index contributed by atoms with van der Waals surface area (Å²) in [5.41, 5.74) is 6.15. The van der Waals surface area contributed by atoms with Crippen LogP contribution in [-0.4, -0.2) is 65.5 Å². The number of nitrogens with zero attached hydrogens (tertiary/aromatic N) is 3. The van der Waals surface area contributed by atoms with E-state index in [2.05, 4.69) is 9.80 Å². The summed E-state index contributed by atoms with van der Waals surface area (Å²) >= 11 is 2.01. The standard InChI is InChI=1S/C14H26N4S/c15-14(17-7-9-19-10-8-17)16-11-13-3-1-2-6-18(13)12-4-5-12/h12-13H,1-11H2,(H2,15,16). The molecule has 5 heteroatoms. The van der Waals surface area contributed by atoms with Gasteiger partial charge in [-0.3, -0.25) is 9.89 Å². The van der Waals surface area contributed by atoms with Crippen LogP contribution in [0.15, 0.2) is 4.99 Å². The second-order valence-corrected chi connectivity index (χ2v) is 7.14. The van der Waals surface area contributed by atoms with Crippen molar-refractivity contribution >= 4 is 17.7 Å². The van der Waals surface area contributed by atoms with Crippen LogP contribution in [0.5, 0.6) is 0 Å². The highest BCUT2D eigenvalue weighted by Crippen LogP contribution is 2.32. The van der Waals surface area contributed by atoms with Crippen molar-refractivity contribution < 1.29 is 0 Å². The molecule has 0 aromatic rings. The average molecular weight is 282 g/mol. The van der Waals surface area contributed by atoms with E-state index < -0.39 is 0 Å². The van der Waals surface area contributed by atoms with Crippen LogP contribution in [0.25, 0.3) is 0 Å². The Bertz CT molecular complexity index is 323. The molecule has 0 aromatic heterocycles. The Hall–Kier alpha value is -0.420. The number of hydrogen-bond donors (Lipinski definition) is 1. The lowest BCUT2D eigenvalue weighted by Gasteiger charge is -2.35. The van der Waals surface area contributed by atoms with Gasteiger partial charge in [0.1, 0.15) is 0 Å². The van der Waals surface area contributed by atoms with Gasteiger partial charge in [-0.2, -0.15) is 11.8 Å². The van der Waals surface area contributed by atoms with E-state index in [1.165, 1.54) is 50.2 Å². The van der Waals surface area contributed by atoms with Gasteiger partial charge < -0.3 is 10.6 Å². The minimum Gasteiger partial charge on any atom is -0.370 e. The summed E-state index contributed by atoms with van der Waals surface area (Å²) in [6, 6.07) is 1.52. The van der Waals surface area contributed by atoms with Gasteiger partial charge in [0.25, 0.3) is 0 Å². The highest BCUT2D eigenvalue weighted by Gasteiger charge is 2.35. The SMILES string of the molecule is NC(=NCC1CCCCN1C1CC1)N1CCSCC1. The number of hydrogen-bond acceptors (Lipinski definition) is 3. The third kappa shape index (κ3) is 3.57. The third-order valence-electron chi connectivity index (χ3n) is 4.49. The number of nitrogens with two attached hydrogens (primary N) is 1. The van der Waals surface area contributed by atoms with Crippen LogP contribution in [0.3, 0.4) is 0 Å². The maximum Gasteiger partial charge on any atom is 0.191 e. The molecule has 0 spiro atoms. The largest absolute Gasteiger partial charge is 0.370 e. The van der Waals surface area contributed by atoms with E-state index in [1.807, 2.05) is 11.8 Å². The van der Waals surface area contributed by atoms with Crippen molar-refractivity contribution in [3.8, 4) is 0 Å². The van der Waals surface area contributed by atoms with E-state index in [0.717, 1.165) is 31.6 Å². The van der Waals surface area contributed by atoms with Crippen LogP contribution in [0.2, 0.25) is 0 Å². The summed E-state index contributed by atoms with van der Waals surface area (Å²) in [6.07, 6.45) is 6.85. The highest BCUT2D eigenvalue weighted by atomic mass is 32.2. The van der Waals surface area contributed by atoms with Gasteiger partial charge in [-0.1, -0.05) is 6.42 Å². The Morgan fingerprint density at radius 2 is 1.89 bits per heavy atom. The normalized spacial score (nSPS) is 30.6. The van der Waals surface area contributed by atoms with E-state index in [1.54, 1.807) is 0 Å². The van der Waals surface area contributed by atoms with Crippen molar-refractivity contribution in [2.24, 2.45) is 10.7 Å². The van der Waals surface area contributed by atoms with Gasteiger partial charge in [0, 0.05) is 36.7 Å². The molecule has 2 N–H and O–H groups in total. The zero-order chi connectivity index (χ0) is 13.1. The van der Waals surface area contributed by atoms with E-state index in [0.29, 0.717) is 6.04 Å². The molecule has 1 unspecified atom stereocenters. The second-order valence-electron chi connectivity index (χ2n) is 5.92. The number of likely N-dealkylation sites (tertiary alicyclic amines) is 1. The number of guanidine groups is 1. The van der Waals surface area contributed by atoms with E-state index >= 15 is 0 Å². The molecule has 1 saturated carbocycles. The molecule has 3 fully saturated rings. The van der Waals surface area contributed by atoms with Crippen LogP contribution in [0, 0.1) is 0 Å². The summed E-state index contributed by atoms with van der Waals surface area (Å²) in [7, 11) is 0. The fourth-order valence-corrected chi connectivity index (χ4v) is 4.10. The molecule has 0 aromatic carbocycles. The molecule has 0 amide bonds. The topological polar surface area (TPSA) is 44.9 Å². The lowest BCUT2D eigenvalue weighted by Crippen LogP contribution is -2.45. The number of aliphatic imine (C=N–C) groups is 1. The molecular formula is C14H26N4S. The lowest BCUT2D eigenvalue weighted by molar-refractivity contribution is 0.144. The van der Waals surface area contributed by atoms with Crippen LogP contribution in [-0.2, 0) is 0 Å². The molecule has 2 saturated heterocycles. The minimum absolute atomic E-state index is 0.652. The van der Waals surface area contributed by atoms with Crippen LogP contribution in [0.4, 0.5) is 0 Å². The first-order valence-corrected chi connectivity index (χ1v) is 8.88. The van der Waals surface area contributed by atoms with Crippen molar-refractivity contribution in [1.29, 1.82) is 0 Å². The first-order valence-electron chi connectivity index (χ1n) is 7.73. The molecule has 0 radical (unpaired) electrons.